The van der Waals surface area contributed by atoms with E-state index in [1.807, 2.05) is 0 Å². The van der Waals surface area contributed by atoms with Crippen LogP contribution in [0.25, 0.3) is 0 Å². The van der Waals surface area contributed by atoms with Crippen LogP contribution in [0, 0.1) is 0 Å². The first-order chi connectivity index (χ1) is 9.38. The quantitative estimate of drug-likeness (QED) is 0.563. The number of nitrogens with zero attached hydrogens (tertiary/aromatic N) is 1. The minimum atomic E-state index is -0.978. The van der Waals surface area contributed by atoms with Crippen LogP contribution in [0.3, 0.4) is 0 Å². The Morgan fingerprint density at radius 2 is 1.75 bits per heavy atom. The molecule has 0 aromatic carbocycles. The molecule has 0 saturated heterocycles. The van der Waals surface area contributed by atoms with E-state index in [1.54, 1.807) is 28.1 Å². The number of ether oxygens (including phenoxy) is 3. The molecule has 0 aromatic heterocycles. The van der Waals surface area contributed by atoms with Crippen LogP contribution in [0.15, 0.2) is 0 Å². The van der Waals surface area contributed by atoms with Crippen molar-refractivity contribution in [1.82, 2.24) is 4.90 Å². The van der Waals surface area contributed by atoms with Crippen LogP contribution in [0.1, 0.15) is 27.2 Å². The van der Waals surface area contributed by atoms with Gasteiger partial charge >= 0.3 is 5.97 Å². The van der Waals surface area contributed by atoms with Gasteiger partial charge in [-0.15, -0.1) is 0 Å². The predicted molar refractivity (Wildman–Crippen MR) is 78.6 cm³/mol. The molecule has 0 aromatic rings. The van der Waals surface area contributed by atoms with E-state index in [0.717, 1.165) is 13.1 Å². The van der Waals surface area contributed by atoms with E-state index in [4.69, 9.17) is 19.9 Å². The van der Waals surface area contributed by atoms with Crippen LogP contribution in [0.2, 0.25) is 0 Å². The summed E-state index contributed by atoms with van der Waals surface area (Å²) in [5, 5.41) is 0. The number of methoxy groups -OCH3 is 2. The summed E-state index contributed by atoms with van der Waals surface area (Å²) >= 11 is 0. The van der Waals surface area contributed by atoms with Gasteiger partial charge < -0.3 is 19.9 Å². The minimum absolute atomic E-state index is 0.139. The zero-order valence-electron chi connectivity index (χ0n) is 13.5. The average molecular weight is 290 g/mol. The Morgan fingerprint density at radius 3 is 2.15 bits per heavy atom. The summed E-state index contributed by atoms with van der Waals surface area (Å²) in [6.07, 6.45) is 0.527. The molecule has 0 saturated carbocycles. The van der Waals surface area contributed by atoms with E-state index in [-0.39, 0.29) is 12.0 Å². The molecule has 2 N–H and O–H groups in total. The Morgan fingerprint density at radius 1 is 1.25 bits per heavy atom. The second-order valence-electron chi connectivity index (χ2n) is 5.21. The fourth-order valence-corrected chi connectivity index (χ4v) is 2.09. The molecule has 2 atom stereocenters. The molecule has 0 radical (unpaired) electrons. The van der Waals surface area contributed by atoms with Gasteiger partial charge in [0.2, 0.25) is 0 Å². The smallest absolute Gasteiger partial charge is 0.325 e. The van der Waals surface area contributed by atoms with Crippen molar-refractivity contribution < 1.29 is 19.0 Å². The van der Waals surface area contributed by atoms with Crippen LogP contribution in [0.5, 0.6) is 0 Å². The highest BCUT2D eigenvalue weighted by Crippen LogP contribution is 2.15. The summed E-state index contributed by atoms with van der Waals surface area (Å²) in [6.45, 7) is 8.71. The molecular weight excluding hydrogens is 260 g/mol. The molecular formula is C14H30N2O4. The molecule has 0 heterocycles. The summed E-state index contributed by atoms with van der Waals surface area (Å²) in [6, 6.07) is 0.139. The van der Waals surface area contributed by atoms with E-state index in [0.29, 0.717) is 26.2 Å². The molecule has 0 bridgehead atoms. The molecule has 2 unspecified atom stereocenters. The van der Waals surface area contributed by atoms with E-state index in [1.165, 1.54) is 0 Å². The monoisotopic (exact) mass is 290 g/mol. The van der Waals surface area contributed by atoms with Crippen molar-refractivity contribution in [3.05, 3.63) is 0 Å². The van der Waals surface area contributed by atoms with Gasteiger partial charge in [-0.25, -0.2) is 0 Å². The van der Waals surface area contributed by atoms with Gasteiger partial charge in [-0.1, -0.05) is 0 Å². The molecule has 0 amide bonds. The maximum absolute atomic E-state index is 11.8. The Hall–Kier alpha value is -0.690. The first-order valence-electron chi connectivity index (χ1n) is 7.07. The lowest BCUT2D eigenvalue weighted by Gasteiger charge is -2.33. The summed E-state index contributed by atoms with van der Waals surface area (Å²) < 4.78 is 15.2. The van der Waals surface area contributed by atoms with E-state index in [2.05, 4.69) is 11.8 Å². The molecule has 120 valence electrons. The molecule has 0 rings (SSSR count). The summed E-state index contributed by atoms with van der Waals surface area (Å²) in [5.41, 5.74) is 5.10. The van der Waals surface area contributed by atoms with Gasteiger partial charge in [0.05, 0.1) is 19.8 Å². The van der Waals surface area contributed by atoms with Gasteiger partial charge in [-0.3, -0.25) is 9.69 Å². The molecule has 0 aliphatic heterocycles. The van der Waals surface area contributed by atoms with Crippen molar-refractivity contribution in [2.24, 2.45) is 5.73 Å². The lowest BCUT2D eigenvalue weighted by atomic mass is 9.94. The third-order valence-electron chi connectivity index (χ3n) is 3.25. The Kier molecular flexibility index (Phi) is 9.75. The lowest BCUT2D eigenvalue weighted by molar-refractivity contribution is -0.149. The van der Waals surface area contributed by atoms with Crippen molar-refractivity contribution in [2.75, 3.05) is 47.1 Å². The largest absolute Gasteiger partial charge is 0.465 e. The third kappa shape index (κ3) is 7.19. The lowest BCUT2D eigenvalue weighted by Crippen LogP contribution is -2.51. The summed E-state index contributed by atoms with van der Waals surface area (Å²) in [5.74, 6) is -0.356. The molecule has 0 aliphatic rings. The van der Waals surface area contributed by atoms with Crippen LogP contribution in [-0.2, 0) is 19.0 Å². The van der Waals surface area contributed by atoms with Gasteiger partial charge in [0, 0.05) is 33.4 Å². The average Bonchev–Trinajstić information content (AvgIpc) is 2.38. The second-order valence-corrected chi connectivity index (χ2v) is 5.21. The Bertz CT molecular complexity index is 264. The first kappa shape index (κ1) is 19.3. The predicted octanol–water partition coefficient (Wildman–Crippen LogP) is 0.640. The van der Waals surface area contributed by atoms with E-state index in [9.17, 15) is 4.79 Å². The fourth-order valence-electron chi connectivity index (χ4n) is 2.09. The normalized spacial score (nSPS) is 15.9. The van der Waals surface area contributed by atoms with Gasteiger partial charge in [-0.2, -0.15) is 0 Å². The molecule has 20 heavy (non-hydrogen) atoms. The topological polar surface area (TPSA) is 74.0 Å². The van der Waals surface area contributed by atoms with Gasteiger partial charge in [-0.05, 0) is 27.2 Å². The van der Waals surface area contributed by atoms with Crippen molar-refractivity contribution >= 4 is 5.97 Å². The van der Waals surface area contributed by atoms with Crippen molar-refractivity contribution in [3.8, 4) is 0 Å². The van der Waals surface area contributed by atoms with E-state index >= 15 is 0 Å². The minimum Gasteiger partial charge on any atom is -0.465 e. The number of esters is 1. The molecule has 6 nitrogen and oxygen atoms in total. The van der Waals surface area contributed by atoms with Crippen LogP contribution in [-0.4, -0.2) is 69.6 Å². The van der Waals surface area contributed by atoms with Gasteiger partial charge in [0.1, 0.15) is 5.54 Å². The van der Waals surface area contributed by atoms with Crippen LogP contribution < -0.4 is 5.73 Å². The summed E-state index contributed by atoms with van der Waals surface area (Å²) in [4.78, 5) is 14.0. The molecule has 0 aliphatic carbocycles. The number of carbonyl (C=O) groups is 1. The molecule has 6 heteroatoms. The number of hydrogen-bond donors (Lipinski definition) is 1. The number of nitrogens with two attached hydrogens (primary N) is 1. The number of carbonyl (C=O) groups excluding carboxylic acids is 1. The Labute approximate surface area is 122 Å². The van der Waals surface area contributed by atoms with Crippen molar-refractivity contribution in [1.29, 1.82) is 0 Å². The van der Waals surface area contributed by atoms with Gasteiger partial charge in [0.15, 0.2) is 0 Å². The number of hydrogen-bond acceptors (Lipinski definition) is 6. The zero-order valence-corrected chi connectivity index (χ0v) is 13.5. The fraction of sp³-hybridized carbons (Fsp3) is 0.929. The van der Waals surface area contributed by atoms with E-state index < -0.39 is 5.54 Å². The maximum atomic E-state index is 11.8. The highest BCUT2D eigenvalue weighted by Gasteiger charge is 2.33. The first-order valence-corrected chi connectivity index (χ1v) is 7.07. The molecule has 0 spiro atoms. The highest BCUT2D eigenvalue weighted by atomic mass is 16.5. The second kappa shape index (κ2) is 10.1. The van der Waals surface area contributed by atoms with Crippen molar-refractivity contribution in [3.63, 3.8) is 0 Å². The Balaban J connectivity index is 4.54. The van der Waals surface area contributed by atoms with Gasteiger partial charge in [0.25, 0.3) is 0 Å². The third-order valence-corrected chi connectivity index (χ3v) is 3.25. The SMILES string of the molecule is CCOC(=O)C(C)(N)CC(C)N(CCOC)CCOC. The number of rotatable bonds is 11. The maximum Gasteiger partial charge on any atom is 0.325 e. The van der Waals surface area contributed by atoms with Crippen LogP contribution >= 0.6 is 0 Å². The highest BCUT2D eigenvalue weighted by molar-refractivity contribution is 5.80. The van der Waals surface area contributed by atoms with Crippen LogP contribution in [0.4, 0.5) is 0 Å². The zero-order chi connectivity index (χ0) is 15.6. The molecule has 0 fully saturated rings. The standard InChI is InChI=1S/C14H30N2O4/c1-6-20-13(17)14(3,15)11-12(2)16(7-9-18-4)8-10-19-5/h12H,6-11,15H2,1-5H3. The summed E-state index contributed by atoms with van der Waals surface area (Å²) in [7, 11) is 3.34. The van der Waals surface area contributed by atoms with Crippen molar-refractivity contribution in [2.45, 2.75) is 38.8 Å².